The van der Waals surface area contributed by atoms with Gasteiger partial charge in [-0.05, 0) is 17.7 Å². The van der Waals surface area contributed by atoms with E-state index < -0.39 is 15.1 Å². The maximum Gasteiger partial charge on any atom is 0.154 e. The summed E-state index contributed by atoms with van der Waals surface area (Å²) in [6.45, 7) is 1.60. The van der Waals surface area contributed by atoms with Gasteiger partial charge in [-0.25, -0.2) is 12.8 Å². The van der Waals surface area contributed by atoms with Crippen molar-refractivity contribution in [3.63, 3.8) is 0 Å². The second-order valence-corrected chi connectivity index (χ2v) is 7.34. The van der Waals surface area contributed by atoms with Crippen LogP contribution in [0.25, 0.3) is 0 Å². The summed E-state index contributed by atoms with van der Waals surface area (Å²) < 4.78 is 36.7. The van der Waals surface area contributed by atoms with Crippen molar-refractivity contribution in [1.82, 2.24) is 0 Å². The standard InChI is InChI=1S/C12H14FNO2S2/c1-2-18(15,16)11-9(10(11)12(14)17)7-3-5-8(13)6-4-7/h3-6,9-11H,2H2,1H3,(H2,14,17)/t9-,10-,11+/m0/s1. The van der Waals surface area contributed by atoms with Gasteiger partial charge in [0.15, 0.2) is 9.84 Å². The quantitative estimate of drug-likeness (QED) is 0.855. The summed E-state index contributed by atoms with van der Waals surface area (Å²) in [5.74, 6) is -0.835. The van der Waals surface area contributed by atoms with Crippen LogP contribution in [0.2, 0.25) is 0 Å². The molecule has 0 saturated heterocycles. The molecule has 1 fully saturated rings. The van der Waals surface area contributed by atoms with Gasteiger partial charge in [-0.3, -0.25) is 0 Å². The molecule has 1 aliphatic rings. The maximum atomic E-state index is 12.9. The third-order valence-electron chi connectivity index (χ3n) is 3.35. The minimum Gasteiger partial charge on any atom is -0.393 e. The highest BCUT2D eigenvalue weighted by Crippen LogP contribution is 2.52. The number of hydrogen-bond acceptors (Lipinski definition) is 3. The largest absolute Gasteiger partial charge is 0.393 e. The van der Waals surface area contributed by atoms with Crippen LogP contribution >= 0.6 is 12.2 Å². The number of sulfone groups is 1. The minimum atomic E-state index is -3.19. The zero-order chi connectivity index (χ0) is 13.5. The Balaban J connectivity index is 2.33. The van der Waals surface area contributed by atoms with Crippen LogP contribution in [0.5, 0.6) is 0 Å². The van der Waals surface area contributed by atoms with E-state index in [9.17, 15) is 12.8 Å². The second kappa shape index (κ2) is 4.59. The Morgan fingerprint density at radius 1 is 1.39 bits per heavy atom. The van der Waals surface area contributed by atoms with Crippen molar-refractivity contribution >= 4 is 27.0 Å². The van der Waals surface area contributed by atoms with E-state index in [4.69, 9.17) is 18.0 Å². The predicted octanol–water partition coefficient (Wildman–Crippen LogP) is 1.63. The molecule has 2 rings (SSSR count). The first kappa shape index (κ1) is 13.4. The normalized spacial score (nSPS) is 26.9. The zero-order valence-electron chi connectivity index (χ0n) is 9.84. The number of thiocarbonyl (C=S) groups is 1. The molecule has 0 amide bonds. The van der Waals surface area contributed by atoms with Crippen LogP contribution in [0.3, 0.4) is 0 Å². The summed E-state index contributed by atoms with van der Waals surface area (Å²) in [6.07, 6.45) is 0. The van der Waals surface area contributed by atoms with Gasteiger partial charge >= 0.3 is 0 Å². The first-order chi connectivity index (χ1) is 8.38. The molecule has 1 saturated carbocycles. The van der Waals surface area contributed by atoms with E-state index >= 15 is 0 Å². The molecule has 0 unspecified atom stereocenters. The van der Waals surface area contributed by atoms with Crippen LogP contribution in [0, 0.1) is 11.7 Å². The van der Waals surface area contributed by atoms with Gasteiger partial charge in [-0.15, -0.1) is 0 Å². The second-order valence-electron chi connectivity index (χ2n) is 4.42. The van der Waals surface area contributed by atoms with E-state index in [2.05, 4.69) is 0 Å². The van der Waals surface area contributed by atoms with Crippen LogP contribution in [-0.4, -0.2) is 24.4 Å². The summed E-state index contributed by atoms with van der Waals surface area (Å²) >= 11 is 4.92. The fourth-order valence-corrected chi connectivity index (χ4v) is 4.55. The van der Waals surface area contributed by atoms with Crippen molar-refractivity contribution in [3.05, 3.63) is 35.6 Å². The van der Waals surface area contributed by atoms with Crippen molar-refractivity contribution in [2.24, 2.45) is 11.7 Å². The molecule has 1 aromatic rings. The van der Waals surface area contributed by atoms with Gasteiger partial charge in [0.25, 0.3) is 0 Å². The average molecular weight is 287 g/mol. The molecule has 98 valence electrons. The Morgan fingerprint density at radius 3 is 2.39 bits per heavy atom. The van der Waals surface area contributed by atoms with Gasteiger partial charge in [0.1, 0.15) is 5.82 Å². The molecule has 0 aliphatic heterocycles. The van der Waals surface area contributed by atoms with Gasteiger partial charge in [-0.2, -0.15) is 0 Å². The van der Waals surface area contributed by atoms with Gasteiger partial charge in [0.05, 0.1) is 10.2 Å². The Hall–Kier alpha value is -1.01. The Kier molecular flexibility index (Phi) is 3.42. The average Bonchev–Trinajstić information content (AvgIpc) is 3.06. The van der Waals surface area contributed by atoms with E-state index in [-0.39, 0.29) is 28.4 Å². The molecular formula is C12H14FNO2S2. The topological polar surface area (TPSA) is 60.2 Å². The van der Waals surface area contributed by atoms with E-state index in [1.807, 2.05) is 0 Å². The molecule has 0 heterocycles. The molecule has 0 aromatic heterocycles. The Labute approximate surface area is 111 Å². The molecule has 1 aliphatic carbocycles. The van der Waals surface area contributed by atoms with Gasteiger partial charge in [0.2, 0.25) is 0 Å². The lowest BCUT2D eigenvalue weighted by Crippen LogP contribution is -2.18. The van der Waals surface area contributed by atoms with Crippen molar-refractivity contribution in [2.75, 3.05) is 5.75 Å². The molecule has 3 atom stereocenters. The highest BCUT2D eigenvalue weighted by Gasteiger charge is 2.59. The fraction of sp³-hybridized carbons (Fsp3) is 0.417. The third kappa shape index (κ3) is 2.27. The highest BCUT2D eigenvalue weighted by atomic mass is 32.2. The van der Waals surface area contributed by atoms with E-state index in [1.165, 1.54) is 12.1 Å². The van der Waals surface area contributed by atoms with Crippen LogP contribution in [-0.2, 0) is 9.84 Å². The lowest BCUT2D eigenvalue weighted by molar-refractivity contribution is 0.594. The lowest BCUT2D eigenvalue weighted by atomic mass is 10.1. The number of halogens is 1. The molecule has 0 bridgehead atoms. The first-order valence-corrected chi connectivity index (χ1v) is 7.77. The molecule has 1 aromatic carbocycles. The molecule has 2 N–H and O–H groups in total. The van der Waals surface area contributed by atoms with Gasteiger partial charge in [0, 0.05) is 17.6 Å². The predicted molar refractivity (Wildman–Crippen MR) is 72.7 cm³/mol. The van der Waals surface area contributed by atoms with E-state index in [0.29, 0.717) is 0 Å². The Bertz CT molecular complexity index is 568. The highest BCUT2D eigenvalue weighted by molar-refractivity contribution is 7.92. The summed E-state index contributed by atoms with van der Waals surface area (Å²) in [5, 5.41) is -0.550. The molecule has 0 radical (unpaired) electrons. The van der Waals surface area contributed by atoms with Gasteiger partial charge in [-0.1, -0.05) is 31.3 Å². The van der Waals surface area contributed by atoms with Crippen molar-refractivity contribution in [1.29, 1.82) is 0 Å². The lowest BCUT2D eigenvalue weighted by Gasteiger charge is -2.00. The van der Waals surface area contributed by atoms with E-state index in [1.54, 1.807) is 19.1 Å². The number of hydrogen-bond donors (Lipinski definition) is 1. The molecule has 18 heavy (non-hydrogen) atoms. The van der Waals surface area contributed by atoms with Crippen molar-refractivity contribution < 1.29 is 12.8 Å². The maximum absolute atomic E-state index is 12.9. The zero-order valence-corrected chi connectivity index (χ0v) is 11.5. The summed E-state index contributed by atoms with van der Waals surface area (Å²) in [7, 11) is -3.19. The first-order valence-electron chi connectivity index (χ1n) is 5.65. The third-order valence-corrected chi connectivity index (χ3v) is 5.85. The van der Waals surface area contributed by atoms with Crippen molar-refractivity contribution in [3.8, 4) is 0 Å². The number of benzene rings is 1. The summed E-state index contributed by atoms with van der Waals surface area (Å²) in [5.41, 5.74) is 6.36. The molecule has 3 nitrogen and oxygen atoms in total. The van der Waals surface area contributed by atoms with Crippen LogP contribution in [0.4, 0.5) is 4.39 Å². The SMILES string of the molecule is CCS(=O)(=O)[C@H]1[C@@H](C(N)=S)[C@@H]1c1ccc(F)cc1. The smallest absolute Gasteiger partial charge is 0.154 e. The van der Waals surface area contributed by atoms with Crippen LogP contribution in [0.15, 0.2) is 24.3 Å². The number of nitrogens with two attached hydrogens (primary N) is 1. The summed E-state index contributed by atoms with van der Waals surface area (Å²) in [4.78, 5) is 0.214. The molecular weight excluding hydrogens is 273 g/mol. The van der Waals surface area contributed by atoms with Gasteiger partial charge < -0.3 is 5.73 Å². The number of rotatable bonds is 4. The molecule has 6 heteroatoms. The van der Waals surface area contributed by atoms with E-state index in [0.717, 1.165) is 5.56 Å². The fourth-order valence-electron chi connectivity index (χ4n) is 2.34. The molecule has 0 spiro atoms. The van der Waals surface area contributed by atoms with Crippen LogP contribution in [0.1, 0.15) is 18.4 Å². The monoisotopic (exact) mass is 287 g/mol. The van der Waals surface area contributed by atoms with Crippen LogP contribution < -0.4 is 5.73 Å². The summed E-state index contributed by atoms with van der Waals surface area (Å²) in [6, 6.07) is 5.83. The minimum absolute atomic E-state index is 0.0640. The Morgan fingerprint density at radius 2 is 1.94 bits per heavy atom. The van der Waals surface area contributed by atoms with Crippen molar-refractivity contribution in [2.45, 2.75) is 18.1 Å².